The molecule has 8 heteroatoms. The van der Waals surface area contributed by atoms with Crippen LogP contribution in [0.2, 0.25) is 0 Å². The molecule has 0 spiro atoms. The molecule has 0 aliphatic rings. The molecule has 2 aromatic rings. The molecule has 0 fully saturated rings. The molecule has 2 rings (SSSR count). The van der Waals surface area contributed by atoms with Crippen molar-refractivity contribution in [2.45, 2.75) is 18.7 Å². The Bertz CT molecular complexity index is 686. The molecule has 5 nitrogen and oxygen atoms in total. The summed E-state index contributed by atoms with van der Waals surface area (Å²) in [6, 6.07) is 3.09. The Hall–Kier alpha value is -1.96. The number of sulfonamides is 1. The summed E-state index contributed by atoms with van der Waals surface area (Å²) in [5.74, 6) is -1.97. The lowest BCUT2D eigenvalue weighted by Crippen LogP contribution is -2.16. The lowest BCUT2D eigenvalue weighted by molar-refractivity contribution is 0.582. The fourth-order valence-electron chi connectivity index (χ4n) is 1.72. The van der Waals surface area contributed by atoms with E-state index in [1.165, 1.54) is 13.8 Å². The molecule has 0 saturated heterocycles. The molecular weight excluding hydrogens is 276 g/mol. The summed E-state index contributed by atoms with van der Waals surface area (Å²) in [5, 5.41) is 6.24. The van der Waals surface area contributed by atoms with E-state index in [4.69, 9.17) is 0 Å². The number of aromatic nitrogens is 2. The first-order chi connectivity index (χ1) is 8.83. The summed E-state index contributed by atoms with van der Waals surface area (Å²) in [6.07, 6.45) is 0. The topological polar surface area (TPSA) is 74.8 Å². The number of hydrogen-bond donors (Lipinski definition) is 2. The zero-order valence-corrected chi connectivity index (χ0v) is 11.0. The largest absolute Gasteiger partial charge is 0.281 e. The van der Waals surface area contributed by atoms with Gasteiger partial charge in [0.15, 0.2) is 0 Å². The molecule has 0 atom stereocenters. The third kappa shape index (κ3) is 2.43. The number of nitrogens with one attached hydrogen (secondary N) is 2. The molecule has 0 radical (unpaired) electrons. The molecule has 2 N–H and O–H groups in total. The van der Waals surface area contributed by atoms with Crippen LogP contribution < -0.4 is 4.72 Å². The zero-order chi connectivity index (χ0) is 14.2. The van der Waals surface area contributed by atoms with Gasteiger partial charge in [-0.2, -0.15) is 5.10 Å². The van der Waals surface area contributed by atoms with Gasteiger partial charge in [0.05, 0.1) is 11.4 Å². The van der Waals surface area contributed by atoms with Crippen molar-refractivity contribution in [2.24, 2.45) is 0 Å². The molecule has 0 bridgehead atoms. The predicted molar refractivity (Wildman–Crippen MR) is 65.2 cm³/mol. The van der Waals surface area contributed by atoms with Gasteiger partial charge in [0, 0.05) is 0 Å². The Balaban J connectivity index is 2.49. The van der Waals surface area contributed by atoms with Crippen LogP contribution in [0.1, 0.15) is 11.4 Å². The van der Waals surface area contributed by atoms with Crippen LogP contribution in [0, 0.1) is 25.5 Å². The highest BCUT2D eigenvalue weighted by atomic mass is 32.2. The van der Waals surface area contributed by atoms with Gasteiger partial charge in [-0.15, -0.1) is 0 Å². The van der Waals surface area contributed by atoms with E-state index in [9.17, 15) is 17.2 Å². The van der Waals surface area contributed by atoms with Gasteiger partial charge in [0.1, 0.15) is 22.2 Å². The molecule has 0 aliphatic heterocycles. The molecule has 102 valence electrons. The molecule has 1 aromatic heterocycles. The zero-order valence-electron chi connectivity index (χ0n) is 10.2. The average molecular weight is 287 g/mol. The monoisotopic (exact) mass is 287 g/mol. The maximum absolute atomic E-state index is 13.4. The first-order valence-corrected chi connectivity index (χ1v) is 6.79. The number of rotatable bonds is 3. The molecular formula is C11H11F2N3O2S. The third-order valence-electron chi connectivity index (χ3n) is 2.53. The van der Waals surface area contributed by atoms with Gasteiger partial charge in [-0.1, -0.05) is 6.07 Å². The van der Waals surface area contributed by atoms with Crippen LogP contribution >= 0.6 is 0 Å². The van der Waals surface area contributed by atoms with E-state index in [1.54, 1.807) is 0 Å². The first kappa shape index (κ1) is 13.5. The van der Waals surface area contributed by atoms with Crippen molar-refractivity contribution in [3.05, 3.63) is 41.2 Å². The minimum absolute atomic E-state index is 0.116. The number of halogens is 2. The van der Waals surface area contributed by atoms with Crippen LogP contribution in [-0.2, 0) is 10.0 Å². The van der Waals surface area contributed by atoms with Crippen molar-refractivity contribution < 1.29 is 17.2 Å². The first-order valence-electron chi connectivity index (χ1n) is 5.31. The molecule has 0 aliphatic carbocycles. The van der Waals surface area contributed by atoms with E-state index in [2.05, 4.69) is 10.2 Å². The van der Waals surface area contributed by atoms with Crippen LogP contribution in [-0.4, -0.2) is 18.6 Å². The summed E-state index contributed by atoms with van der Waals surface area (Å²) < 4.78 is 53.0. The van der Waals surface area contributed by atoms with E-state index in [1.807, 2.05) is 4.72 Å². The second kappa shape index (κ2) is 4.61. The van der Waals surface area contributed by atoms with Crippen LogP contribution in [0.3, 0.4) is 0 Å². The summed E-state index contributed by atoms with van der Waals surface area (Å²) >= 11 is 0. The summed E-state index contributed by atoms with van der Waals surface area (Å²) in [6.45, 7) is 2.99. The Kier molecular flexibility index (Phi) is 3.27. The lowest BCUT2D eigenvalue weighted by atomic mass is 10.3. The standard InChI is InChI=1S/C11H11F2N3O2S/c1-6-11(7(2)15-14-6)19(17,18)16-10-8(12)4-3-5-9(10)13/h3-5,16H,1-2H3,(H,14,15). The fraction of sp³-hybridized carbons (Fsp3) is 0.182. The molecule has 0 unspecified atom stereocenters. The number of H-pyrrole nitrogens is 1. The van der Waals surface area contributed by atoms with Gasteiger partial charge in [-0.25, -0.2) is 17.2 Å². The number of aromatic amines is 1. The van der Waals surface area contributed by atoms with Crippen molar-refractivity contribution in [1.82, 2.24) is 10.2 Å². The van der Waals surface area contributed by atoms with E-state index in [0.717, 1.165) is 18.2 Å². The molecule has 1 aromatic carbocycles. The Morgan fingerprint density at radius 2 is 1.79 bits per heavy atom. The van der Waals surface area contributed by atoms with Gasteiger partial charge >= 0.3 is 0 Å². The third-order valence-corrected chi connectivity index (χ3v) is 4.14. The van der Waals surface area contributed by atoms with Gasteiger partial charge in [0.2, 0.25) is 0 Å². The summed E-state index contributed by atoms with van der Waals surface area (Å²) in [7, 11) is -4.10. The van der Waals surface area contributed by atoms with Crippen LogP contribution in [0.25, 0.3) is 0 Å². The molecule has 1 heterocycles. The van der Waals surface area contributed by atoms with Crippen molar-refractivity contribution in [2.75, 3.05) is 4.72 Å². The maximum atomic E-state index is 13.4. The van der Waals surface area contributed by atoms with Crippen molar-refractivity contribution in [3.8, 4) is 0 Å². The highest BCUT2D eigenvalue weighted by Crippen LogP contribution is 2.24. The van der Waals surface area contributed by atoms with Crippen molar-refractivity contribution in [1.29, 1.82) is 0 Å². The average Bonchev–Trinajstić information content (AvgIpc) is 2.64. The van der Waals surface area contributed by atoms with Gasteiger partial charge in [0.25, 0.3) is 10.0 Å². The maximum Gasteiger partial charge on any atom is 0.265 e. The number of para-hydroxylation sites is 1. The summed E-state index contributed by atoms with van der Waals surface area (Å²) in [5.41, 5.74) is -0.189. The van der Waals surface area contributed by atoms with E-state index < -0.39 is 27.3 Å². The smallest absolute Gasteiger partial charge is 0.265 e. The molecule has 19 heavy (non-hydrogen) atoms. The number of benzene rings is 1. The summed E-state index contributed by atoms with van der Waals surface area (Å²) in [4.78, 5) is -0.116. The number of nitrogens with zero attached hydrogens (tertiary/aromatic N) is 1. The van der Waals surface area contributed by atoms with Crippen molar-refractivity contribution in [3.63, 3.8) is 0 Å². The SMILES string of the molecule is Cc1n[nH]c(C)c1S(=O)(=O)Nc1c(F)cccc1F. The van der Waals surface area contributed by atoms with E-state index in [0.29, 0.717) is 5.69 Å². The molecule has 0 saturated carbocycles. The number of anilines is 1. The Labute approximate surface area is 108 Å². The Morgan fingerprint density at radius 1 is 1.21 bits per heavy atom. The van der Waals surface area contributed by atoms with E-state index >= 15 is 0 Å². The normalized spacial score (nSPS) is 11.6. The fourth-order valence-corrected chi connectivity index (χ4v) is 3.17. The van der Waals surface area contributed by atoms with Gasteiger partial charge in [-0.05, 0) is 26.0 Å². The van der Waals surface area contributed by atoms with Gasteiger partial charge in [-0.3, -0.25) is 9.82 Å². The lowest BCUT2D eigenvalue weighted by Gasteiger charge is -2.09. The number of hydrogen-bond acceptors (Lipinski definition) is 3. The van der Waals surface area contributed by atoms with Gasteiger partial charge < -0.3 is 0 Å². The highest BCUT2D eigenvalue weighted by Gasteiger charge is 2.24. The van der Waals surface area contributed by atoms with Crippen LogP contribution in [0.4, 0.5) is 14.5 Å². The quantitative estimate of drug-likeness (QED) is 0.907. The van der Waals surface area contributed by atoms with Crippen LogP contribution in [0.15, 0.2) is 23.1 Å². The molecule has 0 amide bonds. The Morgan fingerprint density at radius 3 is 2.26 bits per heavy atom. The number of aryl methyl sites for hydroxylation is 2. The van der Waals surface area contributed by atoms with Crippen LogP contribution in [0.5, 0.6) is 0 Å². The van der Waals surface area contributed by atoms with E-state index in [-0.39, 0.29) is 10.6 Å². The van der Waals surface area contributed by atoms with Crippen molar-refractivity contribution >= 4 is 15.7 Å². The minimum atomic E-state index is -4.10. The highest BCUT2D eigenvalue weighted by molar-refractivity contribution is 7.92. The minimum Gasteiger partial charge on any atom is -0.281 e. The predicted octanol–water partition coefficient (Wildman–Crippen LogP) is 2.11. The second-order valence-corrected chi connectivity index (χ2v) is 5.58. The second-order valence-electron chi connectivity index (χ2n) is 3.97.